The van der Waals surface area contributed by atoms with Crippen LogP contribution in [0.5, 0.6) is 11.5 Å². The average molecular weight is 436 g/mol. The van der Waals surface area contributed by atoms with Crippen LogP contribution in [0.3, 0.4) is 0 Å². The van der Waals surface area contributed by atoms with Crippen molar-refractivity contribution in [3.8, 4) is 11.5 Å². The fraction of sp³-hybridized carbons (Fsp3) is 0.350. The Balaban J connectivity index is 1.43. The number of benzene rings is 2. The van der Waals surface area contributed by atoms with E-state index in [1.807, 2.05) is 49.4 Å². The highest BCUT2D eigenvalue weighted by molar-refractivity contribution is 9.10. The van der Waals surface area contributed by atoms with E-state index >= 15 is 0 Å². The van der Waals surface area contributed by atoms with E-state index in [1.165, 1.54) is 0 Å². The normalized spacial score (nSPS) is 13.9. The van der Waals surface area contributed by atoms with Gasteiger partial charge in [0.1, 0.15) is 13.2 Å². The summed E-state index contributed by atoms with van der Waals surface area (Å²) in [6, 6.07) is 14.0. The van der Waals surface area contributed by atoms with Crippen molar-refractivity contribution < 1.29 is 14.3 Å². The quantitative estimate of drug-likeness (QED) is 0.638. The lowest BCUT2D eigenvalue weighted by Crippen LogP contribution is -2.26. The number of ether oxygens (including phenoxy) is 2. The van der Waals surface area contributed by atoms with Crippen molar-refractivity contribution in [1.82, 2.24) is 5.32 Å². The zero-order valence-corrected chi connectivity index (χ0v) is 17.1. The van der Waals surface area contributed by atoms with Crippen LogP contribution in [0.25, 0.3) is 0 Å². The van der Waals surface area contributed by atoms with Gasteiger partial charge in [0.05, 0.1) is 6.04 Å². The van der Waals surface area contributed by atoms with E-state index in [2.05, 4.69) is 21.2 Å². The predicted molar refractivity (Wildman–Crippen MR) is 109 cm³/mol. The standard InChI is InChI=1S/C20H22BrNO3S/c1-14(15-5-3-2-4-6-15)22-20(23)7-10-26-13-16-11-18-19(12-17(16)21)25-9-8-24-18/h2-6,11-12,14H,7-10,13H2,1H3,(H,22,23)/t14-/m0/s1. The molecule has 0 saturated heterocycles. The van der Waals surface area contributed by atoms with E-state index in [1.54, 1.807) is 11.8 Å². The monoisotopic (exact) mass is 435 g/mol. The minimum absolute atomic E-state index is 0.0284. The summed E-state index contributed by atoms with van der Waals surface area (Å²) in [5.41, 5.74) is 2.27. The van der Waals surface area contributed by atoms with E-state index in [9.17, 15) is 4.79 Å². The molecule has 0 bridgehead atoms. The topological polar surface area (TPSA) is 47.6 Å². The van der Waals surface area contributed by atoms with Crippen molar-refractivity contribution in [3.05, 3.63) is 58.1 Å². The summed E-state index contributed by atoms with van der Waals surface area (Å²) in [5.74, 6) is 3.25. The molecule has 0 aromatic heterocycles. The van der Waals surface area contributed by atoms with Gasteiger partial charge < -0.3 is 14.8 Å². The Bertz CT molecular complexity index is 754. The Morgan fingerprint density at radius 1 is 1.19 bits per heavy atom. The van der Waals surface area contributed by atoms with Crippen LogP contribution in [-0.4, -0.2) is 24.9 Å². The van der Waals surface area contributed by atoms with Gasteiger partial charge >= 0.3 is 0 Å². The van der Waals surface area contributed by atoms with Crippen molar-refractivity contribution in [2.24, 2.45) is 0 Å². The summed E-state index contributed by atoms with van der Waals surface area (Å²) in [7, 11) is 0. The summed E-state index contributed by atoms with van der Waals surface area (Å²) in [5, 5.41) is 3.05. The van der Waals surface area contributed by atoms with Crippen molar-refractivity contribution in [1.29, 1.82) is 0 Å². The van der Waals surface area contributed by atoms with Crippen LogP contribution in [0.1, 0.15) is 30.5 Å². The molecule has 1 atom stereocenters. The van der Waals surface area contributed by atoms with Crippen LogP contribution < -0.4 is 14.8 Å². The van der Waals surface area contributed by atoms with Gasteiger partial charge in [-0.25, -0.2) is 0 Å². The highest BCUT2D eigenvalue weighted by Gasteiger charge is 2.15. The Morgan fingerprint density at radius 3 is 2.62 bits per heavy atom. The number of halogens is 1. The number of carbonyl (C=O) groups is 1. The summed E-state index contributed by atoms with van der Waals surface area (Å²) in [6.07, 6.45) is 0.504. The van der Waals surface area contributed by atoms with E-state index < -0.39 is 0 Å². The fourth-order valence-corrected chi connectivity index (χ4v) is 4.28. The molecule has 0 spiro atoms. The van der Waals surface area contributed by atoms with Crippen LogP contribution in [-0.2, 0) is 10.5 Å². The van der Waals surface area contributed by atoms with Crippen LogP contribution in [0, 0.1) is 0 Å². The number of hydrogen-bond donors (Lipinski definition) is 1. The van der Waals surface area contributed by atoms with Crippen LogP contribution in [0.4, 0.5) is 0 Å². The molecule has 6 heteroatoms. The Hall–Kier alpha value is -1.66. The van der Waals surface area contributed by atoms with E-state index in [0.29, 0.717) is 19.6 Å². The number of fused-ring (bicyclic) bond motifs is 1. The first-order chi connectivity index (χ1) is 12.6. The molecule has 0 unspecified atom stereocenters. The van der Waals surface area contributed by atoms with Gasteiger partial charge in [-0.3, -0.25) is 4.79 Å². The van der Waals surface area contributed by atoms with Crippen molar-refractivity contribution in [2.75, 3.05) is 19.0 Å². The molecule has 1 N–H and O–H groups in total. The van der Waals surface area contributed by atoms with Gasteiger partial charge in [-0.05, 0) is 30.2 Å². The number of thioether (sulfide) groups is 1. The zero-order valence-electron chi connectivity index (χ0n) is 14.7. The molecular formula is C20H22BrNO3S. The first-order valence-electron chi connectivity index (χ1n) is 8.63. The van der Waals surface area contributed by atoms with Gasteiger partial charge in [0.25, 0.3) is 0 Å². The largest absolute Gasteiger partial charge is 0.486 e. The molecule has 1 amide bonds. The molecule has 138 valence electrons. The van der Waals surface area contributed by atoms with Gasteiger partial charge in [-0.15, -0.1) is 0 Å². The van der Waals surface area contributed by atoms with Gasteiger partial charge in [0, 0.05) is 22.4 Å². The van der Waals surface area contributed by atoms with Crippen LogP contribution >= 0.6 is 27.7 Å². The molecule has 1 aliphatic heterocycles. The summed E-state index contributed by atoms with van der Waals surface area (Å²) >= 11 is 5.32. The van der Waals surface area contributed by atoms with Gasteiger partial charge in [-0.2, -0.15) is 11.8 Å². The molecule has 0 aliphatic carbocycles. The fourth-order valence-electron chi connectivity index (χ4n) is 2.70. The Labute approximate surface area is 166 Å². The summed E-state index contributed by atoms with van der Waals surface area (Å²) < 4.78 is 12.2. The average Bonchev–Trinajstić information content (AvgIpc) is 2.66. The maximum absolute atomic E-state index is 12.1. The molecule has 0 radical (unpaired) electrons. The third-order valence-electron chi connectivity index (χ3n) is 4.12. The van der Waals surface area contributed by atoms with E-state index in [-0.39, 0.29) is 11.9 Å². The molecule has 2 aromatic carbocycles. The predicted octanol–water partition coefficient (Wildman–Crippen LogP) is 4.72. The molecule has 1 heterocycles. The highest BCUT2D eigenvalue weighted by atomic mass is 79.9. The second-order valence-corrected chi connectivity index (χ2v) is 8.05. The minimum Gasteiger partial charge on any atom is -0.486 e. The molecule has 0 saturated carbocycles. The molecular weight excluding hydrogens is 414 g/mol. The summed E-state index contributed by atoms with van der Waals surface area (Å²) in [6.45, 7) is 3.18. The molecule has 3 rings (SSSR count). The van der Waals surface area contributed by atoms with Crippen molar-refractivity contribution in [2.45, 2.75) is 25.1 Å². The van der Waals surface area contributed by atoms with Gasteiger partial charge in [0.15, 0.2) is 11.5 Å². The number of nitrogens with one attached hydrogen (secondary N) is 1. The third kappa shape index (κ3) is 5.17. The number of hydrogen-bond acceptors (Lipinski definition) is 4. The number of carbonyl (C=O) groups excluding carboxylic acids is 1. The second-order valence-electron chi connectivity index (χ2n) is 6.09. The van der Waals surface area contributed by atoms with Gasteiger partial charge in [0.2, 0.25) is 5.91 Å². The second kappa shape index (κ2) is 9.33. The lowest BCUT2D eigenvalue weighted by Gasteiger charge is -2.20. The maximum Gasteiger partial charge on any atom is 0.221 e. The Morgan fingerprint density at radius 2 is 1.88 bits per heavy atom. The van der Waals surface area contributed by atoms with Crippen LogP contribution in [0.15, 0.2) is 46.9 Å². The van der Waals surface area contributed by atoms with Crippen molar-refractivity contribution >= 4 is 33.6 Å². The van der Waals surface area contributed by atoms with Crippen molar-refractivity contribution in [3.63, 3.8) is 0 Å². The zero-order chi connectivity index (χ0) is 18.4. The summed E-state index contributed by atoms with van der Waals surface area (Å²) in [4.78, 5) is 12.1. The molecule has 4 nitrogen and oxygen atoms in total. The lowest BCUT2D eigenvalue weighted by molar-refractivity contribution is -0.121. The molecule has 1 aliphatic rings. The lowest BCUT2D eigenvalue weighted by atomic mass is 10.1. The van der Waals surface area contributed by atoms with E-state index in [4.69, 9.17) is 9.47 Å². The van der Waals surface area contributed by atoms with E-state index in [0.717, 1.165) is 38.6 Å². The number of amides is 1. The van der Waals surface area contributed by atoms with Crippen LogP contribution in [0.2, 0.25) is 0 Å². The molecule has 2 aromatic rings. The smallest absolute Gasteiger partial charge is 0.221 e. The number of rotatable bonds is 7. The SMILES string of the molecule is C[C@H](NC(=O)CCSCc1cc2c(cc1Br)OCCO2)c1ccccc1. The maximum atomic E-state index is 12.1. The first-order valence-corrected chi connectivity index (χ1v) is 10.6. The third-order valence-corrected chi connectivity index (χ3v) is 5.87. The minimum atomic E-state index is 0.0284. The first kappa shape index (κ1) is 19.1. The Kier molecular flexibility index (Phi) is 6.86. The highest BCUT2D eigenvalue weighted by Crippen LogP contribution is 2.36. The van der Waals surface area contributed by atoms with Gasteiger partial charge in [-0.1, -0.05) is 46.3 Å². The molecule has 26 heavy (non-hydrogen) atoms. The molecule has 0 fully saturated rings.